The molecule has 0 aromatic rings. The second kappa shape index (κ2) is 21.2. The highest BCUT2D eigenvalue weighted by Gasteiger charge is 2.00. The number of aliphatic hydroxyl groups is 1. The van der Waals surface area contributed by atoms with Crippen molar-refractivity contribution < 1.29 is 9.90 Å². The molecular formula is C25H39NO2. The Morgan fingerprint density at radius 3 is 1.54 bits per heavy atom. The van der Waals surface area contributed by atoms with Crippen LogP contribution in [0.2, 0.25) is 0 Å². The zero-order chi connectivity index (χ0) is 20.7. The predicted octanol–water partition coefficient (Wildman–Crippen LogP) is 5.96. The lowest BCUT2D eigenvalue weighted by atomic mass is 10.2. The smallest absolute Gasteiger partial charge is 0.220 e. The lowest BCUT2D eigenvalue weighted by molar-refractivity contribution is -0.121. The quantitative estimate of drug-likeness (QED) is 0.322. The Kier molecular flexibility index (Phi) is 19.6. The van der Waals surface area contributed by atoms with Crippen LogP contribution in [0.5, 0.6) is 0 Å². The number of carbonyl (C=O) groups excluding carboxylic acids is 1. The Bertz CT molecular complexity index is 537. The van der Waals surface area contributed by atoms with Crippen molar-refractivity contribution in [1.82, 2.24) is 5.32 Å². The zero-order valence-corrected chi connectivity index (χ0v) is 17.7. The van der Waals surface area contributed by atoms with E-state index in [1.807, 2.05) is 6.08 Å². The first-order valence-electron chi connectivity index (χ1n) is 10.5. The summed E-state index contributed by atoms with van der Waals surface area (Å²) < 4.78 is 0. The first kappa shape index (κ1) is 25.9. The van der Waals surface area contributed by atoms with Gasteiger partial charge in [0.25, 0.3) is 0 Å². The Morgan fingerprint density at radius 1 is 0.750 bits per heavy atom. The van der Waals surface area contributed by atoms with Crippen LogP contribution in [-0.4, -0.2) is 23.7 Å². The molecule has 1 amide bonds. The zero-order valence-electron chi connectivity index (χ0n) is 17.7. The summed E-state index contributed by atoms with van der Waals surface area (Å²) in [6, 6.07) is 0. The fourth-order valence-electron chi connectivity index (χ4n) is 2.20. The lowest BCUT2D eigenvalue weighted by Gasteiger charge is -2.05. The average molecular weight is 386 g/mol. The van der Waals surface area contributed by atoms with Gasteiger partial charge in [-0.1, -0.05) is 79.8 Å². The van der Waals surface area contributed by atoms with Crippen molar-refractivity contribution in [3.05, 3.63) is 72.9 Å². The highest BCUT2D eigenvalue weighted by molar-refractivity contribution is 5.75. The number of nitrogens with one attached hydrogen (secondary N) is 1. The van der Waals surface area contributed by atoms with Crippen LogP contribution in [-0.2, 0) is 4.79 Å². The molecule has 0 saturated carbocycles. The monoisotopic (exact) mass is 385 g/mol. The molecule has 28 heavy (non-hydrogen) atoms. The molecule has 0 bridgehead atoms. The van der Waals surface area contributed by atoms with E-state index in [4.69, 9.17) is 5.11 Å². The molecule has 0 spiro atoms. The molecule has 1 unspecified atom stereocenters. The molecular weight excluding hydrogens is 346 g/mol. The Balaban J connectivity index is 3.57. The van der Waals surface area contributed by atoms with E-state index in [1.54, 1.807) is 6.92 Å². The average Bonchev–Trinajstić information content (AvgIpc) is 2.68. The third-order valence-electron chi connectivity index (χ3n) is 3.73. The molecule has 0 aliphatic carbocycles. The minimum atomic E-state index is -0.491. The summed E-state index contributed by atoms with van der Waals surface area (Å²) in [5.41, 5.74) is 0. The fourth-order valence-corrected chi connectivity index (χ4v) is 2.20. The maximum Gasteiger partial charge on any atom is 0.220 e. The minimum absolute atomic E-state index is 0.0135. The normalized spacial score (nSPS) is 14.0. The van der Waals surface area contributed by atoms with Gasteiger partial charge < -0.3 is 10.4 Å². The number of allylic oxidation sites excluding steroid dienone is 12. The van der Waals surface area contributed by atoms with E-state index in [0.29, 0.717) is 13.0 Å². The van der Waals surface area contributed by atoms with Crippen molar-refractivity contribution in [1.29, 1.82) is 0 Å². The van der Waals surface area contributed by atoms with Crippen LogP contribution in [0.15, 0.2) is 72.9 Å². The third kappa shape index (κ3) is 21.9. The molecule has 0 rings (SSSR count). The Labute approximate surface area is 172 Å². The van der Waals surface area contributed by atoms with E-state index >= 15 is 0 Å². The Morgan fingerprint density at radius 2 is 1.14 bits per heavy atom. The van der Waals surface area contributed by atoms with Crippen molar-refractivity contribution >= 4 is 5.91 Å². The van der Waals surface area contributed by atoms with Gasteiger partial charge in [-0.2, -0.15) is 0 Å². The second-order valence-electron chi connectivity index (χ2n) is 6.61. The maximum absolute atomic E-state index is 11.4. The highest BCUT2D eigenvalue weighted by Crippen LogP contribution is 1.97. The molecule has 0 aliphatic rings. The first-order valence-corrected chi connectivity index (χ1v) is 10.5. The molecule has 1 atom stereocenters. The van der Waals surface area contributed by atoms with Gasteiger partial charge in [-0.05, 0) is 51.9 Å². The minimum Gasteiger partial charge on any atom is -0.392 e. The number of hydrogen-bond donors (Lipinski definition) is 2. The van der Waals surface area contributed by atoms with Crippen LogP contribution < -0.4 is 5.32 Å². The van der Waals surface area contributed by atoms with Crippen LogP contribution in [0.4, 0.5) is 0 Å². The summed E-state index contributed by atoms with van der Waals surface area (Å²) in [7, 11) is 0. The first-order chi connectivity index (χ1) is 13.7. The molecule has 0 saturated heterocycles. The highest BCUT2D eigenvalue weighted by atomic mass is 16.3. The van der Waals surface area contributed by atoms with Gasteiger partial charge in [0.05, 0.1) is 6.10 Å². The summed E-state index contributed by atoms with van der Waals surface area (Å²) in [4.78, 5) is 11.4. The van der Waals surface area contributed by atoms with E-state index < -0.39 is 6.10 Å². The second-order valence-corrected chi connectivity index (χ2v) is 6.61. The number of carbonyl (C=O) groups is 1. The van der Waals surface area contributed by atoms with Gasteiger partial charge in [0, 0.05) is 13.0 Å². The molecule has 0 fully saturated rings. The van der Waals surface area contributed by atoms with Crippen molar-refractivity contribution in [2.75, 3.05) is 6.54 Å². The number of hydrogen-bond acceptors (Lipinski definition) is 2. The summed E-state index contributed by atoms with van der Waals surface area (Å²) >= 11 is 0. The van der Waals surface area contributed by atoms with Gasteiger partial charge in [-0.15, -0.1) is 0 Å². The Hall–Kier alpha value is -2.13. The van der Waals surface area contributed by atoms with E-state index in [2.05, 4.69) is 79.1 Å². The topological polar surface area (TPSA) is 49.3 Å². The molecule has 3 heteroatoms. The van der Waals surface area contributed by atoms with Gasteiger partial charge in [-0.25, -0.2) is 0 Å². The fraction of sp³-hybridized carbons (Fsp3) is 0.480. The van der Waals surface area contributed by atoms with Gasteiger partial charge in [0.1, 0.15) is 0 Å². The van der Waals surface area contributed by atoms with Crippen molar-refractivity contribution in [3.8, 4) is 0 Å². The maximum atomic E-state index is 11.4. The summed E-state index contributed by atoms with van der Waals surface area (Å²) in [6.45, 7) is 4.13. The number of amides is 1. The van der Waals surface area contributed by atoms with Crippen LogP contribution in [0, 0.1) is 0 Å². The molecule has 156 valence electrons. The predicted molar refractivity (Wildman–Crippen MR) is 122 cm³/mol. The largest absolute Gasteiger partial charge is 0.392 e. The van der Waals surface area contributed by atoms with Crippen LogP contribution in [0.3, 0.4) is 0 Å². The van der Waals surface area contributed by atoms with Crippen LogP contribution in [0.25, 0.3) is 0 Å². The van der Waals surface area contributed by atoms with Crippen LogP contribution >= 0.6 is 0 Å². The standard InChI is InChI=1S/C25H39NO2/c1-3-4-5-6-7-8-9-10-11-12-13-14-15-16-17-18-19-20-21-22-25(28)26-23-24(2)27/h4-5,7-8,10-11,13-14,16-17,19-20,24,27H,3,6,9,12,15,18,21-23H2,1-2H3,(H,26,28)/b5-4-,8-7-,11-10-,14-13-,17-16-,20-19-. The molecule has 3 nitrogen and oxygen atoms in total. The summed E-state index contributed by atoms with van der Waals surface area (Å²) in [5, 5.41) is 11.8. The number of rotatable bonds is 16. The summed E-state index contributed by atoms with van der Waals surface area (Å²) in [6.07, 6.45) is 32.7. The van der Waals surface area contributed by atoms with Gasteiger partial charge in [-0.3, -0.25) is 4.79 Å². The van der Waals surface area contributed by atoms with Crippen molar-refractivity contribution in [2.24, 2.45) is 0 Å². The third-order valence-corrected chi connectivity index (χ3v) is 3.73. The van der Waals surface area contributed by atoms with Crippen LogP contribution in [0.1, 0.15) is 65.2 Å². The van der Waals surface area contributed by atoms with Crippen molar-refractivity contribution in [3.63, 3.8) is 0 Å². The van der Waals surface area contributed by atoms with E-state index in [0.717, 1.165) is 44.9 Å². The molecule has 0 aromatic heterocycles. The molecule has 0 aromatic carbocycles. The van der Waals surface area contributed by atoms with E-state index in [9.17, 15) is 4.79 Å². The summed E-state index contributed by atoms with van der Waals surface area (Å²) in [5.74, 6) is -0.0135. The SMILES string of the molecule is CC/C=C\C/C=C\C/C=C\C/C=C\C/C=C\C/C=C\CCC(=O)NCC(C)O. The molecule has 2 N–H and O–H groups in total. The van der Waals surface area contributed by atoms with Gasteiger partial charge in [0.2, 0.25) is 5.91 Å². The van der Waals surface area contributed by atoms with Crippen molar-refractivity contribution in [2.45, 2.75) is 71.3 Å². The van der Waals surface area contributed by atoms with E-state index in [1.165, 1.54) is 0 Å². The number of aliphatic hydroxyl groups excluding tert-OH is 1. The molecule has 0 heterocycles. The van der Waals surface area contributed by atoms with Gasteiger partial charge >= 0.3 is 0 Å². The van der Waals surface area contributed by atoms with E-state index in [-0.39, 0.29) is 5.91 Å². The molecule has 0 aliphatic heterocycles. The lowest BCUT2D eigenvalue weighted by Crippen LogP contribution is -2.30. The van der Waals surface area contributed by atoms with Gasteiger partial charge in [0.15, 0.2) is 0 Å². The molecule has 0 radical (unpaired) electrons.